The third-order valence-corrected chi connectivity index (χ3v) is 2.57. The Hall–Kier alpha value is -1.95. The summed E-state index contributed by atoms with van der Waals surface area (Å²) in [5.74, 6) is -0.238. The van der Waals surface area contributed by atoms with Gasteiger partial charge in [-0.2, -0.15) is 0 Å². The van der Waals surface area contributed by atoms with Crippen molar-refractivity contribution in [1.29, 1.82) is 0 Å². The normalized spacial score (nSPS) is 17.5. The third kappa shape index (κ3) is 2.48. The van der Waals surface area contributed by atoms with Crippen molar-refractivity contribution in [3.63, 3.8) is 0 Å². The number of ether oxygens (including phenoxy) is 3. The quantitative estimate of drug-likeness (QED) is 0.782. The van der Waals surface area contributed by atoms with Crippen LogP contribution in [0.15, 0.2) is 12.1 Å². The molecule has 0 bridgehead atoms. The lowest BCUT2D eigenvalue weighted by Crippen LogP contribution is -2.33. The molecule has 0 radical (unpaired) electrons. The number of rotatable bonds is 4. The fourth-order valence-electron chi connectivity index (χ4n) is 1.69. The van der Waals surface area contributed by atoms with Gasteiger partial charge in [-0.05, 0) is 6.92 Å². The standard InChI is InChI=1S/C12H15NO5/c1-2-16-5-7-6-17-10-3-8(12(14)15)9(13)4-11(10)18-7/h3-4,7H,2,5-6,13H2,1H3,(H,14,15). The summed E-state index contributed by atoms with van der Waals surface area (Å²) in [6.07, 6.45) is -0.201. The van der Waals surface area contributed by atoms with Crippen LogP contribution in [0.5, 0.6) is 11.5 Å². The fourth-order valence-corrected chi connectivity index (χ4v) is 1.69. The van der Waals surface area contributed by atoms with E-state index < -0.39 is 5.97 Å². The van der Waals surface area contributed by atoms with Crippen LogP contribution in [-0.2, 0) is 4.74 Å². The molecule has 0 aromatic heterocycles. The first kappa shape index (κ1) is 12.5. The minimum absolute atomic E-state index is 0.0145. The zero-order valence-corrected chi connectivity index (χ0v) is 10.0. The van der Waals surface area contributed by atoms with Gasteiger partial charge in [0, 0.05) is 18.7 Å². The van der Waals surface area contributed by atoms with Crippen molar-refractivity contribution >= 4 is 11.7 Å². The van der Waals surface area contributed by atoms with Crippen LogP contribution in [0.2, 0.25) is 0 Å². The smallest absolute Gasteiger partial charge is 0.337 e. The molecule has 0 fully saturated rings. The number of fused-ring (bicyclic) bond motifs is 1. The van der Waals surface area contributed by atoms with Gasteiger partial charge in [-0.15, -0.1) is 0 Å². The molecule has 1 unspecified atom stereocenters. The average Bonchev–Trinajstić information content (AvgIpc) is 2.34. The number of nitrogen functional groups attached to an aromatic ring is 1. The van der Waals surface area contributed by atoms with E-state index in [4.69, 9.17) is 25.1 Å². The van der Waals surface area contributed by atoms with Crippen molar-refractivity contribution in [1.82, 2.24) is 0 Å². The van der Waals surface area contributed by atoms with Crippen LogP contribution in [0.25, 0.3) is 0 Å². The maximum atomic E-state index is 10.9. The molecular formula is C12H15NO5. The van der Waals surface area contributed by atoms with Crippen LogP contribution in [0, 0.1) is 0 Å². The van der Waals surface area contributed by atoms with E-state index in [1.54, 1.807) is 0 Å². The summed E-state index contributed by atoms with van der Waals surface area (Å²) in [7, 11) is 0. The van der Waals surface area contributed by atoms with Crippen LogP contribution in [0.1, 0.15) is 17.3 Å². The van der Waals surface area contributed by atoms with Crippen LogP contribution in [-0.4, -0.2) is 37.0 Å². The summed E-state index contributed by atoms with van der Waals surface area (Å²) in [6, 6.07) is 2.85. The number of hydrogen-bond acceptors (Lipinski definition) is 5. The van der Waals surface area contributed by atoms with Crippen LogP contribution in [0.4, 0.5) is 5.69 Å². The molecule has 0 saturated carbocycles. The predicted octanol–water partition coefficient (Wildman–Crippen LogP) is 1.14. The monoisotopic (exact) mass is 253 g/mol. The van der Waals surface area contributed by atoms with Crippen molar-refractivity contribution in [2.24, 2.45) is 0 Å². The number of benzene rings is 1. The highest BCUT2D eigenvalue weighted by Crippen LogP contribution is 2.35. The molecule has 1 atom stereocenters. The van der Waals surface area contributed by atoms with E-state index in [2.05, 4.69) is 0 Å². The lowest BCUT2D eigenvalue weighted by molar-refractivity contribution is 0.0127. The number of carboxylic acid groups (broad SMARTS) is 1. The largest absolute Gasteiger partial charge is 0.486 e. The van der Waals surface area contributed by atoms with E-state index in [9.17, 15) is 4.79 Å². The molecule has 3 N–H and O–H groups in total. The van der Waals surface area contributed by atoms with Crippen LogP contribution < -0.4 is 15.2 Å². The second kappa shape index (κ2) is 5.14. The van der Waals surface area contributed by atoms with Gasteiger partial charge in [0.2, 0.25) is 0 Å². The minimum Gasteiger partial charge on any atom is -0.486 e. The first-order chi connectivity index (χ1) is 8.61. The highest BCUT2D eigenvalue weighted by atomic mass is 16.6. The van der Waals surface area contributed by atoms with Gasteiger partial charge in [0.15, 0.2) is 17.6 Å². The molecule has 1 aromatic carbocycles. The molecule has 1 heterocycles. The van der Waals surface area contributed by atoms with Crippen molar-refractivity contribution in [3.8, 4) is 11.5 Å². The Morgan fingerprint density at radius 3 is 3.00 bits per heavy atom. The molecule has 98 valence electrons. The van der Waals surface area contributed by atoms with E-state index in [-0.39, 0.29) is 17.4 Å². The van der Waals surface area contributed by atoms with Gasteiger partial charge in [-0.1, -0.05) is 0 Å². The van der Waals surface area contributed by atoms with Gasteiger partial charge in [0.1, 0.15) is 6.61 Å². The van der Waals surface area contributed by atoms with Crippen molar-refractivity contribution < 1.29 is 24.1 Å². The molecule has 1 aliphatic rings. The number of nitrogens with two attached hydrogens (primary N) is 1. The molecule has 0 spiro atoms. The number of carbonyl (C=O) groups is 1. The van der Waals surface area contributed by atoms with E-state index in [0.29, 0.717) is 31.3 Å². The van der Waals surface area contributed by atoms with Crippen molar-refractivity contribution in [2.75, 3.05) is 25.6 Å². The first-order valence-corrected chi connectivity index (χ1v) is 5.65. The Bertz CT molecular complexity index is 460. The van der Waals surface area contributed by atoms with Gasteiger partial charge < -0.3 is 25.1 Å². The highest BCUT2D eigenvalue weighted by Gasteiger charge is 2.23. The van der Waals surface area contributed by atoms with E-state index >= 15 is 0 Å². The molecule has 0 saturated heterocycles. The number of carboxylic acids is 1. The molecule has 18 heavy (non-hydrogen) atoms. The molecule has 1 aliphatic heterocycles. The van der Waals surface area contributed by atoms with Gasteiger partial charge in [0.05, 0.1) is 17.9 Å². The van der Waals surface area contributed by atoms with Gasteiger partial charge in [-0.25, -0.2) is 4.79 Å². The van der Waals surface area contributed by atoms with Crippen molar-refractivity contribution in [2.45, 2.75) is 13.0 Å². The zero-order chi connectivity index (χ0) is 13.1. The maximum Gasteiger partial charge on any atom is 0.337 e. The average molecular weight is 253 g/mol. The van der Waals surface area contributed by atoms with Crippen LogP contribution >= 0.6 is 0 Å². The summed E-state index contributed by atoms with van der Waals surface area (Å²) in [5.41, 5.74) is 5.81. The second-order valence-electron chi connectivity index (χ2n) is 3.90. The molecule has 0 aliphatic carbocycles. The Balaban J connectivity index is 2.18. The molecule has 0 amide bonds. The SMILES string of the molecule is CCOCC1COc2cc(C(=O)O)c(N)cc2O1. The molecule has 1 aromatic rings. The molecule has 6 heteroatoms. The minimum atomic E-state index is -1.09. The topological polar surface area (TPSA) is 91.0 Å². The fraction of sp³-hybridized carbons (Fsp3) is 0.417. The zero-order valence-electron chi connectivity index (χ0n) is 10.0. The summed E-state index contributed by atoms with van der Waals surface area (Å²) in [5, 5.41) is 8.94. The number of aromatic carboxylic acids is 1. The number of hydrogen-bond donors (Lipinski definition) is 2. The molecule has 2 rings (SSSR count). The van der Waals surface area contributed by atoms with Gasteiger partial charge in [0.25, 0.3) is 0 Å². The summed E-state index contributed by atoms with van der Waals surface area (Å²) in [4.78, 5) is 10.9. The summed E-state index contributed by atoms with van der Waals surface area (Å²) >= 11 is 0. The van der Waals surface area contributed by atoms with E-state index in [0.717, 1.165) is 0 Å². The first-order valence-electron chi connectivity index (χ1n) is 5.65. The Morgan fingerprint density at radius 2 is 2.33 bits per heavy atom. The van der Waals surface area contributed by atoms with Gasteiger partial charge >= 0.3 is 5.97 Å². The lowest BCUT2D eigenvalue weighted by atomic mass is 10.1. The Kier molecular flexibility index (Phi) is 3.57. The van der Waals surface area contributed by atoms with E-state index in [1.165, 1.54) is 12.1 Å². The van der Waals surface area contributed by atoms with Gasteiger partial charge in [-0.3, -0.25) is 0 Å². The lowest BCUT2D eigenvalue weighted by Gasteiger charge is -2.26. The summed E-state index contributed by atoms with van der Waals surface area (Å²) < 4.78 is 16.3. The van der Waals surface area contributed by atoms with Crippen LogP contribution in [0.3, 0.4) is 0 Å². The van der Waals surface area contributed by atoms with Crippen molar-refractivity contribution in [3.05, 3.63) is 17.7 Å². The second-order valence-corrected chi connectivity index (χ2v) is 3.90. The molecular weight excluding hydrogens is 238 g/mol. The molecule has 6 nitrogen and oxygen atoms in total. The Labute approximate surface area is 104 Å². The van der Waals surface area contributed by atoms with E-state index in [1.807, 2.05) is 6.92 Å². The summed E-state index contributed by atoms with van der Waals surface area (Å²) in [6.45, 7) is 3.26. The maximum absolute atomic E-state index is 10.9. The Morgan fingerprint density at radius 1 is 1.56 bits per heavy atom. The highest BCUT2D eigenvalue weighted by molar-refractivity contribution is 5.94. The number of anilines is 1. The third-order valence-electron chi connectivity index (χ3n) is 2.57. The predicted molar refractivity (Wildman–Crippen MR) is 64.2 cm³/mol.